The largest absolute Gasteiger partial charge is 0.295 e. The molecule has 2 aromatic carbocycles. The van der Waals surface area contributed by atoms with Gasteiger partial charge in [0, 0.05) is 44.4 Å². The van der Waals surface area contributed by atoms with E-state index in [4.69, 9.17) is 0 Å². The van der Waals surface area contributed by atoms with Gasteiger partial charge in [0.05, 0.1) is 10.6 Å². The molecule has 4 aromatic rings. The summed E-state index contributed by atoms with van der Waals surface area (Å²) in [5, 5.41) is 4.61. The van der Waals surface area contributed by atoms with Gasteiger partial charge in [0.2, 0.25) is 15.0 Å². The van der Waals surface area contributed by atoms with E-state index < -0.39 is 15.8 Å². The van der Waals surface area contributed by atoms with Crippen molar-refractivity contribution in [3.05, 3.63) is 82.5 Å². The smallest absolute Gasteiger partial charge is 0.275 e. The van der Waals surface area contributed by atoms with Crippen LogP contribution in [-0.4, -0.2) is 58.4 Å². The third-order valence-corrected chi connectivity index (χ3v) is 8.35. The highest BCUT2D eigenvalue weighted by Crippen LogP contribution is 2.26. The van der Waals surface area contributed by atoms with E-state index in [9.17, 15) is 17.6 Å². The van der Waals surface area contributed by atoms with E-state index in [2.05, 4.69) is 15.0 Å². The molecule has 8 nitrogen and oxygen atoms in total. The molecule has 1 aliphatic rings. The molecule has 170 valence electrons. The predicted octanol–water partition coefficient (Wildman–Crippen LogP) is 2.46. The molecule has 1 fully saturated rings. The first-order chi connectivity index (χ1) is 15.9. The third kappa shape index (κ3) is 4.32. The Hall–Kier alpha value is -2.99. The van der Waals surface area contributed by atoms with E-state index in [-0.39, 0.29) is 10.5 Å². The highest BCUT2D eigenvalue weighted by atomic mass is 32.2. The van der Waals surface area contributed by atoms with Crippen molar-refractivity contribution < 1.29 is 12.8 Å². The molecular formula is C22H20FN5O3S2. The fraction of sp³-hybridized carbons (Fsp3) is 0.227. The molecule has 33 heavy (non-hydrogen) atoms. The number of hydrogen-bond acceptors (Lipinski definition) is 7. The number of halogens is 1. The number of fused-ring (bicyclic) bond motifs is 1. The van der Waals surface area contributed by atoms with Gasteiger partial charge >= 0.3 is 0 Å². The van der Waals surface area contributed by atoms with Gasteiger partial charge in [-0.25, -0.2) is 17.8 Å². The van der Waals surface area contributed by atoms with Crippen molar-refractivity contribution in [1.29, 1.82) is 0 Å². The van der Waals surface area contributed by atoms with Gasteiger partial charge in [-0.2, -0.15) is 13.9 Å². The van der Waals surface area contributed by atoms with Crippen LogP contribution in [0.15, 0.2) is 70.4 Å². The van der Waals surface area contributed by atoms with Crippen LogP contribution in [0, 0.1) is 5.82 Å². The molecule has 2 aromatic heterocycles. The number of benzene rings is 2. The van der Waals surface area contributed by atoms with Crippen LogP contribution in [0.5, 0.6) is 0 Å². The average molecular weight is 486 g/mol. The third-order valence-electron chi connectivity index (χ3n) is 5.50. The second kappa shape index (κ2) is 8.75. The van der Waals surface area contributed by atoms with E-state index in [1.807, 2.05) is 0 Å². The van der Waals surface area contributed by atoms with Gasteiger partial charge in [-0.15, -0.1) is 0 Å². The molecule has 0 unspecified atom stereocenters. The van der Waals surface area contributed by atoms with Gasteiger partial charge in [0.15, 0.2) is 5.01 Å². The molecule has 1 aliphatic heterocycles. The summed E-state index contributed by atoms with van der Waals surface area (Å²) in [6.45, 7) is 2.18. The van der Waals surface area contributed by atoms with Crippen molar-refractivity contribution in [2.45, 2.75) is 11.4 Å². The topological polar surface area (TPSA) is 87.9 Å². The van der Waals surface area contributed by atoms with E-state index >= 15 is 0 Å². The molecule has 0 atom stereocenters. The Balaban J connectivity index is 1.31. The van der Waals surface area contributed by atoms with Crippen LogP contribution in [0.25, 0.3) is 15.5 Å². The maximum atomic E-state index is 14.1. The number of aromatic nitrogens is 3. The summed E-state index contributed by atoms with van der Waals surface area (Å²) in [6, 6.07) is 16.1. The molecule has 5 rings (SSSR count). The Labute approximate surface area is 193 Å². The van der Waals surface area contributed by atoms with Crippen LogP contribution in [-0.2, 0) is 16.6 Å². The monoisotopic (exact) mass is 485 g/mol. The highest BCUT2D eigenvalue weighted by molar-refractivity contribution is 7.89. The molecule has 11 heteroatoms. The molecule has 0 spiro atoms. The first kappa shape index (κ1) is 21.8. The highest BCUT2D eigenvalue weighted by Gasteiger charge is 2.28. The summed E-state index contributed by atoms with van der Waals surface area (Å²) in [7, 11) is -3.52. The van der Waals surface area contributed by atoms with Crippen molar-refractivity contribution in [2.24, 2.45) is 0 Å². The Morgan fingerprint density at radius 2 is 1.67 bits per heavy atom. The lowest BCUT2D eigenvalue weighted by molar-refractivity contribution is 0.180. The normalized spacial score (nSPS) is 15.8. The molecule has 0 saturated carbocycles. The average Bonchev–Trinajstić information content (AvgIpc) is 3.25. The van der Waals surface area contributed by atoms with Crippen LogP contribution in [0.4, 0.5) is 4.39 Å². The van der Waals surface area contributed by atoms with E-state index in [0.29, 0.717) is 53.9 Å². The number of sulfonamides is 1. The minimum atomic E-state index is -3.52. The standard InChI is InChI=1S/C22H20FN5O3S2/c23-19-9-5-4-8-18(19)21-25-28-20(29)14-16(24-22(28)32-21)15-26-10-12-27(13-11-26)33(30,31)17-6-2-1-3-7-17/h1-9,14H,10-13,15H2. The summed E-state index contributed by atoms with van der Waals surface area (Å²) in [6.07, 6.45) is 0. The SMILES string of the molecule is O=c1cc(CN2CCN(S(=O)(=O)c3ccccc3)CC2)nc2sc(-c3ccccc3F)nn12. The Bertz CT molecular complexity index is 1460. The van der Waals surface area contributed by atoms with Crippen molar-refractivity contribution in [1.82, 2.24) is 23.8 Å². The molecule has 0 amide bonds. The quantitative estimate of drug-likeness (QED) is 0.432. The van der Waals surface area contributed by atoms with Crippen molar-refractivity contribution in [2.75, 3.05) is 26.2 Å². The number of hydrogen-bond donors (Lipinski definition) is 0. The molecule has 0 N–H and O–H groups in total. The first-order valence-corrected chi connectivity index (χ1v) is 12.6. The fourth-order valence-electron chi connectivity index (χ4n) is 3.78. The van der Waals surface area contributed by atoms with Crippen molar-refractivity contribution in [3.63, 3.8) is 0 Å². The van der Waals surface area contributed by atoms with Crippen LogP contribution in [0.3, 0.4) is 0 Å². The second-order valence-electron chi connectivity index (χ2n) is 7.66. The van der Waals surface area contributed by atoms with E-state index in [1.54, 1.807) is 48.5 Å². The minimum absolute atomic E-state index is 0.287. The number of nitrogens with zero attached hydrogens (tertiary/aromatic N) is 5. The summed E-state index contributed by atoms with van der Waals surface area (Å²) in [5.41, 5.74) is 0.562. The lowest BCUT2D eigenvalue weighted by Crippen LogP contribution is -2.48. The zero-order valence-electron chi connectivity index (χ0n) is 17.5. The Morgan fingerprint density at radius 3 is 2.39 bits per heavy atom. The van der Waals surface area contributed by atoms with Crippen molar-refractivity contribution in [3.8, 4) is 10.6 Å². The lowest BCUT2D eigenvalue weighted by Gasteiger charge is -2.33. The molecule has 1 saturated heterocycles. The van der Waals surface area contributed by atoms with Crippen LogP contribution >= 0.6 is 11.3 Å². The summed E-state index contributed by atoms with van der Waals surface area (Å²) >= 11 is 1.15. The molecular weight excluding hydrogens is 465 g/mol. The number of rotatable bonds is 5. The molecule has 0 aliphatic carbocycles. The van der Waals surface area contributed by atoms with Crippen molar-refractivity contribution >= 4 is 26.3 Å². The van der Waals surface area contributed by atoms with Gasteiger partial charge in [-0.1, -0.05) is 41.7 Å². The van der Waals surface area contributed by atoms with Gasteiger partial charge < -0.3 is 0 Å². The van der Waals surface area contributed by atoms with Gasteiger partial charge in [-0.05, 0) is 24.3 Å². The maximum absolute atomic E-state index is 14.1. The Kier molecular flexibility index (Phi) is 5.79. The second-order valence-corrected chi connectivity index (χ2v) is 10.6. The molecule has 0 bridgehead atoms. The van der Waals surface area contributed by atoms with Crippen LogP contribution in [0.2, 0.25) is 0 Å². The van der Waals surface area contributed by atoms with Gasteiger partial charge in [0.25, 0.3) is 5.56 Å². The van der Waals surface area contributed by atoms with Gasteiger partial charge in [-0.3, -0.25) is 9.69 Å². The van der Waals surface area contributed by atoms with Crippen LogP contribution in [0.1, 0.15) is 5.69 Å². The predicted molar refractivity (Wildman–Crippen MR) is 123 cm³/mol. The summed E-state index contributed by atoms with van der Waals surface area (Å²) < 4.78 is 42.4. The van der Waals surface area contributed by atoms with Gasteiger partial charge in [0.1, 0.15) is 5.82 Å². The zero-order valence-corrected chi connectivity index (χ0v) is 19.1. The van der Waals surface area contributed by atoms with E-state index in [1.165, 1.54) is 21.0 Å². The molecule has 0 radical (unpaired) electrons. The number of piperazine rings is 1. The fourth-order valence-corrected chi connectivity index (χ4v) is 6.17. The summed E-state index contributed by atoms with van der Waals surface area (Å²) in [5.74, 6) is -0.409. The lowest BCUT2D eigenvalue weighted by atomic mass is 10.2. The zero-order chi connectivity index (χ0) is 23.0. The minimum Gasteiger partial charge on any atom is -0.295 e. The Morgan fingerprint density at radius 1 is 0.970 bits per heavy atom. The first-order valence-electron chi connectivity index (χ1n) is 10.3. The van der Waals surface area contributed by atoms with Crippen LogP contribution < -0.4 is 5.56 Å². The molecule has 3 heterocycles. The summed E-state index contributed by atoms with van der Waals surface area (Å²) in [4.78, 5) is 19.9. The maximum Gasteiger partial charge on any atom is 0.275 e. The van der Waals surface area contributed by atoms with E-state index in [0.717, 1.165) is 11.3 Å².